The second kappa shape index (κ2) is 5.19. The van der Waals surface area contributed by atoms with Crippen molar-refractivity contribution in [3.63, 3.8) is 0 Å². The Bertz CT molecular complexity index is 1200. The number of rotatable bonds is 2. The quantitative estimate of drug-likeness (QED) is 0.565. The Hall–Kier alpha value is -3.15. The molecule has 3 aromatic heterocycles. The molecule has 0 saturated carbocycles. The van der Waals surface area contributed by atoms with Crippen LogP contribution in [0.4, 0.5) is 0 Å². The monoisotopic (exact) mass is 320 g/mol. The van der Waals surface area contributed by atoms with Crippen LogP contribution < -0.4 is 11.2 Å². The van der Waals surface area contributed by atoms with Gasteiger partial charge in [0.2, 0.25) is 0 Å². The van der Waals surface area contributed by atoms with Crippen molar-refractivity contribution >= 4 is 16.7 Å². The Morgan fingerprint density at radius 2 is 1.79 bits per heavy atom. The summed E-state index contributed by atoms with van der Waals surface area (Å²) in [6, 6.07) is 12.8. The van der Waals surface area contributed by atoms with Crippen molar-refractivity contribution in [2.75, 3.05) is 0 Å². The third-order valence-corrected chi connectivity index (χ3v) is 4.25. The third-order valence-electron chi connectivity index (χ3n) is 4.25. The second-order valence-electron chi connectivity index (χ2n) is 5.93. The summed E-state index contributed by atoms with van der Waals surface area (Å²) < 4.78 is 4.75. The Balaban J connectivity index is 1.90. The molecule has 0 bridgehead atoms. The van der Waals surface area contributed by atoms with Crippen LogP contribution in [0.3, 0.4) is 0 Å². The molecule has 4 aromatic rings. The summed E-state index contributed by atoms with van der Waals surface area (Å²) in [6.07, 6.45) is 1.72. The van der Waals surface area contributed by atoms with Crippen molar-refractivity contribution < 1.29 is 0 Å². The van der Waals surface area contributed by atoms with Crippen LogP contribution in [0.2, 0.25) is 0 Å². The standard InChI is InChI=1S/C18H16N4O2/c1-12-7-8-21-16(9-12)19-13(10-17(21)23)11-22-15-6-4-3-5-14(15)20(2)18(22)24/h3-10H,11H2,1-2H3. The summed E-state index contributed by atoms with van der Waals surface area (Å²) in [7, 11) is 1.74. The number of nitrogens with zero attached hydrogens (tertiary/aromatic N) is 4. The fourth-order valence-corrected chi connectivity index (χ4v) is 3.01. The van der Waals surface area contributed by atoms with Gasteiger partial charge in [-0.15, -0.1) is 0 Å². The van der Waals surface area contributed by atoms with Crippen LogP contribution in [0.15, 0.2) is 58.3 Å². The molecule has 24 heavy (non-hydrogen) atoms. The summed E-state index contributed by atoms with van der Waals surface area (Å²) in [5.41, 5.74) is 3.61. The molecule has 0 N–H and O–H groups in total. The smallest absolute Gasteiger partial charge is 0.295 e. The van der Waals surface area contributed by atoms with Crippen molar-refractivity contribution in [3.05, 3.63) is 80.8 Å². The first-order chi connectivity index (χ1) is 11.5. The fourth-order valence-electron chi connectivity index (χ4n) is 3.01. The van der Waals surface area contributed by atoms with Gasteiger partial charge in [0.1, 0.15) is 5.65 Å². The first-order valence-electron chi connectivity index (χ1n) is 7.68. The molecule has 6 heteroatoms. The molecular formula is C18H16N4O2. The van der Waals surface area contributed by atoms with Crippen LogP contribution in [0.25, 0.3) is 16.7 Å². The van der Waals surface area contributed by atoms with Gasteiger partial charge in [0, 0.05) is 19.3 Å². The van der Waals surface area contributed by atoms with E-state index in [0.717, 1.165) is 16.6 Å². The van der Waals surface area contributed by atoms with Crippen molar-refractivity contribution in [1.29, 1.82) is 0 Å². The lowest BCUT2D eigenvalue weighted by molar-refractivity contribution is 0.720. The Labute approximate surface area is 137 Å². The number of benzene rings is 1. The van der Waals surface area contributed by atoms with Gasteiger partial charge in [-0.25, -0.2) is 9.78 Å². The highest BCUT2D eigenvalue weighted by Crippen LogP contribution is 2.13. The molecule has 1 aromatic carbocycles. The second-order valence-corrected chi connectivity index (χ2v) is 5.93. The van der Waals surface area contributed by atoms with Gasteiger partial charge in [-0.1, -0.05) is 12.1 Å². The van der Waals surface area contributed by atoms with Gasteiger partial charge in [-0.3, -0.25) is 18.3 Å². The van der Waals surface area contributed by atoms with E-state index in [9.17, 15) is 9.59 Å². The first-order valence-corrected chi connectivity index (χ1v) is 7.68. The lowest BCUT2D eigenvalue weighted by Gasteiger charge is -2.06. The highest BCUT2D eigenvalue weighted by atomic mass is 16.1. The van der Waals surface area contributed by atoms with Gasteiger partial charge < -0.3 is 0 Å². The molecule has 0 radical (unpaired) electrons. The van der Waals surface area contributed by atoms with E-state index in [1.807, 2.05) is 43.3 Å². The van der Waals surface area contributed by atoms with E-state index in [0.29, 0.717) is 11.3 Å². The zero-order chi connectivity index (χ0) is 16.8. The van der Waals surface area contributed by atoms with Gasteiger partial charge in [-0.2, -0.15) is 0 Å². The molecular weight excluding hydrogens is 304 g/mol. The van der Waals surface area contributed by atoms with Crippen molar-refractivity contribution in [2.45, 2.75) is 13.5 Å². The molecule has 6 nitrogen and oxygen atoms in total. The number of aromatic nitrogens is 4. The number of aryl methyl sites for hydroxylation is 2. The third kappa shape index (κ3) is 2.15. The van der Waals surface area contributed by atoms with Crippen LogP contribution >= 0.6 is 0 Å². The SMILES string of the molecule is Cc1ccn2c(=O)cc(Cn3c(=O)n(C)c4ccccc43)nc2c1. The number of hydrogen-bond acceptors (Lipinski definition) is 3. The number of pyridine rings is 1. The van der Waals surface area contributed by atoms with Gasteiger partial charge in [0.15, 0.2) is 0 Å². The molecule has 0 unspecified atom stereocenters. The van der Waals surface area contributed by atoms with E-state index in [2.05, 4.69) is 4.98 Å². The van der Waals surface area contributed by atoms with Crippen LogP contribution in [0.1, 0.15) is 11.3 Å². The molecule has 0 aliphatic rings. The molecule has 120 valence electrons. The topological polar surface area (TPSA) is 61.3 Å². The molecule has 0 amide bonds. The molecule has 0 fully saturated rings. The normalized spacial score (nSPS) is 11.4. The number of para-hydroxylation sites is 2. The maximum absolute atomic E-state index is 12.5. The lowest BCUT2D eigenvalue weighted by Crippen LogP contribution is -2.24. The Morgan fingerprint density at radius 1 is 1.04 bits per heavy atom. The van der Waals surface area contributed by atoms with Crippen LogP contribution in [0.5, 0.6) is 0 Å². The van der Waals surface area contributed by atoms with Crippen LogP contribution in [0, 0.1) is 6.92 Å². The van der Waals surface area contributed by atoms with Crippen LogP contribution in [-0.2, 0) is 13.6 Å². The summed E-state index contributed by atoms with van der Waals surface area (Å²) in [6.45, 7) is 2.22. The zero-order valence-corrected chi connectivity index (χ0v) is 13.4. The number of hydrogen-bond donors (Lipinski definition) is 0. The summed E-state index contributed by atoms with van der Waals surface area (Å²) in [4.78, 5) is 29.3. The van der Waals surface area contributed by atoms with E-state index in [4.69, 9.17) is 0 Å². The Kier molecular flexibility index (Phi) is 3.13. The molecule has 3 heterocycles. The highest BCUT2D eigenvalue weighted by Gasteiger charge is 2.12. The largest absolute Gasteiger partial charge is 0.329 e. The lowest BCUT2D eigenvalue weighted by atomic mass is 10.3. The highest BCUT2D eigenvalue weighted by molar-refractivity contribution is 5.75. The summed E-state index contributed by atoms with van der Waals surface area (Å²) in [5.74, 6) is 0. The molecule has 4 rings (SSSR count). The fraction of sp³-hybridized carbons (Fsp3) is 0.167. The van der Waals surface area contributed by atoms with Crippen molar-refractivity contribution in [3.8, 4) is 0 Å². The van der Waals surface area contributed by atoms with Crippen LogP contribution in [-0.4, -0.2) is 18.5 Å². The maximum Gasteiger partial charge on any atom is 0.329 e. The summed E-state index contributed by atoms with van der Waals surface area (Å²) >= 11 is 0. The Morgan fingerprint density at radius 3 is 2.58 bits per heavy atom. The van der Waals surface area contributed by atoms with Crippen molar-refractivity contribution in [1.82, 2.24) is 18.5 Å². The maximum atomic E-state index is 12.5. The summed E-state index contributed by atoms with van der Waals surface area (Å²) in [5, 5.41) is 0. The van der Waals surface area contributed by atoms with E-state index in [-0.39, 0.29) is 17.8 Å². The molecule has 0 atom stereocenters. The predicted octanol–water partition coefficient (Wildman–Crippen LogP) is 1.70. The average molecular weight is 320 g/mol. The number of imidazole rings is 1. The van der Waals surface area contributed by atoms with Gasteiger partial charge in [0.05, 0.1) is 23.3 Å². The predicted molar refractivity (Wildman–Crippen MR) is 92.5 cm³/mol. The average Bonchev–Trinajstić information content (AvgIpc) is 2.80. The first kappa shape index (κ1) is 14.4. The zero-order valence-electron chi connectivity index (χ0n) is 13.4. The van der Waals surface area contributed by atoms with E-state index in [1.165, 1.54) is 10.5 Å². The molecule has 0 aliphatic carbocycles. The van der Waals surface area contributed by atoms with Gasteiger partial charge >= 0.3 is 5.69 Å². The van der Waals surface area contributed by atoms with Crippen molar-refractivity contribution in [2.24, 2.45) is 7.05 Å². The molecule has 0 aliphatic heterocycles. The van der Waals surface area contributed by atoms with Gasteiger partial charge in [-0.05, 0) is 36.8 Å². The minimum atomic E-state index is -0.150. The minimum absolute atomic E-state index is 0.123. The van der Waals surface area contributed by atoms with E-state index in [1.54, 1.807) is 22.4 Å². The molecule has 0 spiro atoms. The molecule has 0 saturated heterocycles. The number of fused-ring (bicyclic) bond motifs is 2. The van der Waals surface area contributed by atoms with E-state index < -0.39 is 0 Å². The minimum Gasteiger partial charge on any atom is -0.295 e. The van der Waals surface area contributed by atoms with E-state index >= 15 is 0 Å². The van der Waals surface area contributed by atoms with Gasteiger partial charge in [0.25, 0.3) is 5.56 Å².